The van der Waals surface area contributed by atoms with Crippen molar-refractivity contribution >= 4 is 11.5 Å². The van der Waals surface area contributed by atoms with Crippen LogP contribution >= 0.6 is 0 Å². The van der Waals surface area contributed by atoms with Gasteiger partial charge in [0, 0.05) is 22.3 Å². The molecule has 1 N–H and O–H groups in total. The first kappa shape index (κ1) is 20.9. The average molecular weight is 437 g/mol. The van der Waals surface area contributed by atoms with Crippen LogP contribution in [0.25, 0.3) is 5.57 Å². The second-order valence-corrected chi connectivity index (χ2v) is 7.22. The van der Waals surface area contributed by atoms with Gasteiger partial charge >= 0.3 is 18.3 Å². The molecule has 9 heteroatoms. The molecule has 1 unspecified atom stereocenters. The highest BCUT2D eigenvalue weighted by molar-refractivity contribution is 5.94. The number of para-hydroxylation sites is 1. The molecule has 1 atom stereocenters. The van der Waals surface area contributed by atoms with E-state index in [1.54, 1.807) is 24.3 Å². The van der Waals surface area contributed by atoms with Gasteiger partial charge in [0.1, 0.15) is 0 Å². The molecule has 4 rings (SSSR count). The lowest BCUT2D eigenvalue weighted by Crippen LogP contribution is -2.23. The molecule has 0 fully saturated rings. The molecule has 31 heavy (non-hydrogen) atoms. The summed E-state index contributed by atoms with van der Waals surface area (Å²) in [6.07, 6.45) is -7.44. The quantitative estimate of drug-likeness (QED) is 0.730. The van der Waals surface area contributed by atoms with Gasteiger partial charge in [-0.1, -0.05) is 18.2 Å². The standard InChI is InChI=1S/C22H13F6NO2/c23-21(24,25)13-6-11(7-14(9-13)22(26,27)28)5-12-8-19-17(10-16(12)20(30)31)15-3-1-2-4-18(15)29-19/h1-4,6-10,12H,5H2,(H,30,31). The van der Waals surface area contributed by atoms with E-state index in [4.69, 9.17) is 0 Å². The molecule has 1 aliphatic heterocycles. The molecule has 2 aromatic carbocycles. The molecule has 0 amide bonds. The third kappa shape index (κ3) is 3.99. The molecule has 3 nitrogen and oxygen atoms in total. The number of allylic oxidation sites excluding steroid dienone is 2. The Morgan fingerprint density at radius 3 is 2.16 bits per heavy atom. The number of carbonyl (C=O) groups is 1. The fourth-order valence-corrected chi connectivity index (χ4v) is 3.73. The van der Waals surface area contributed by atoms with Gasteiger partial charge in [-0.3, -0.25) is 0 Å². The number of halogens is 6. The van der Waals surface area contributed by atoms with Crippen LogP contribution in [0.3, 0.4) is 0 Å². The minimum absolute atomic E-state index is 0.0472. The van der Waals surface area contributed by atoms with Crippen molar-refractivity contribution in [1.29, 1.82) is 0 Å². The van der Waals surface area contributed by atoms with Crippen LogP contribution in [0, 0.1) is 5.92 Å². The Kier molecular flexibility index (Phi) is 4.79. The molecular formula is C22H13F6NO2. The SMILES string of the molecule is O=C(O)C1=CC2=c3ccccc3=NC2=CC1Cc1cc(C(F)(F)F)cc(C(F)(F)F)c1. The van der Waals surface area contributed by atoms with Gasteiger partial charge in [-0.05, 0) is 48.4 Å². The molecule has 0 spiro atoms. The number of benzene rings is 2. The normalized spacial score (nSPS) is 18.0. The van der Waals surface area contributed by atoms with E-state index < -0.39 is 35.4 Å². The molecule has 0 aromatic heterocycles. The number of hydrogen-bond donors (Lipinski definition) is 1. The summed E-state index contributed by atoms with van der Waals surface area (Å²) in [7, 11) is 0. The van der Waals surface area contributed by atoms with Crippen LogP contribution in [-0.4, -0.2) is 11.1 Å². The summed E-state index contributed by atoms with van der Waals surface area (Å²) in [5.74, 6) is -2.25. The zero-order valence-electron chi connectivity index (χ0n) is 15.6. The third-order valence-electron chi connectivity index (χ3n) is 5.12. The van der Waals surface area contributed by atoms with E-state index in [-0.39, 0.29) is 23.6 Å². The van der Waals surface area contributed by atoms with E-state index in [0.29, 0.717) is 34.0 Å². The first-order valence-corrected chi connectivity index (χ1v) is 9.07. The van der Waals surface area contributed by atoms with Crippen LogP contribution in [0.4, 0.5) is 26.3 Å². The van der Waals surface area contributed by atoms with E-state index in [2.05, 4.69) is 4.99 Å². The van der Waals surface area contributed by atoms with Gasteiger partial charge in [0.25, 0.3) is 0 Å². The maximum absolute atomic E-state index is 13.1. The highest BCUT2D eigenvalue weighted by Crippen LogP contribution is 2.38. The van der Waals surface area contributed by atoms with Crippen molar-refractivity contribution in [3.63, 3.8) is 0 Å². The summed E-state index contributed by atoms with van der Waals surface area (Å²) in [6.45, 7) is 0. The van der Waals surface area contributed by atoms with Crippen molar-refractivity contribution in [2.45, 2.75) is 18.8 Å². The number of fused-ring (bicyclic) bond motifs is 2. The number of rotatable bonds is 3. The molecule has 0 radical (unpaired) electrons. The van der Waals surface area contributed by atoms with Crippen molar-refractivity contribution in [1.82, 2.24) is 0 Å². The zero-order chi connectivity index (χ0) is 22.6. The molecule has 1 heterocycles. The second kappa shape index (κ2) is 7.11. The van der Waals surface area contributed by atoms with E-state index >= 15 is 0 Å². The minimum atomic E-state index is -4.98. The Hall–Kier alpha value is -3.36. The Labute approximate surface area is 171 Å². The maximum Gasteiger partial charge on any atom is 0.416 e. The predicted octanol–water partition coefficient (Wildman–Crippen LogP) is 4.28. The number of carboxylic acid groups (broad SMARTS) is 1. The van der Waals surface area contributed by atoms with Gasteiger partial charge in [-0.15, -0.1) is 0 Å². The number of carboxylic acids is 1. The van der Waals surface area contributed by atoms with Gasteiger partial charge in [-0.25, -0.2) is 9.79 Å². The van der Waals surface area contributed by atoms with Crippen molar-refractivity contribution in [3.05, 3.63) is 93.2 Å². The van der Waals surface area contributed by atoms with Gasteiger partial charge in [0.05, 0.1) is 22.2 Å². The smallest absolute Gasteiger partial charge is 0.416 e. The van der Waals surface area contributed by atoms with Crippen molar-refractivity contribution < 1.29 is 36.2 Å². The molecule has 1 aliphatic carbocycles. The van der Waals surface area contributed by atoms with Crippen LogP contribution in [0.1, 0.15) is 16.7 Å². The molecule has 0 bridgehead atoms. The summed E-state index contributed by atoms with van der Waals surface area (Å²) in [5, 5.41) is 10.9. The largest absolute Gasteiger partial charge is 0.478 e. The van der Waals surface area contributed by atoms with Crippen molar-refractivity contribution in [2.75, 3.05) is 0 Å². The predicted molar refractivity (Wildman–Crippen MR) is 98.1 cm³/mol. The molecule has 0 saturated heterocycles. The maximum atomic E-state index is 13.1. The van der Waals surface area contributed by atoms with Gasteiger partial charge < -0.3 is 5.11 Å². The summed E-state index contributed by atoms with van der Waals surface area (Å²) in [4.78, 5) is 16.2. The molecule has 0 saturated carbocycles. The summed E-state index contributed by atoms with van der Waals surface area (Å²) in [5.41, 5.74) is -2.27. The van der Waals surface area contributed by atoms with Crippen molar-refractivity contribution in [3.8, 4) is 0 Å². The van der Waals surface area contributed by atoms with Gasteiger partial charge in [-0.2, -0.15) is 26.3 Å². The highest BCUT2D eigenvalue weighted by atomic mass is 19.4. The lowest BCUT2D eigenvalue weighted by atomic mass is 9.84. The third-order valence-corrected chi connectivity index (χ3v) is 5.12. The molecule has 2 aliphatic rings. The fraction of sp³-hybridized carbons (Fsp3) is 0.182. The van der Waals surface area contributed by atoms with Crippen LogP contribution < -0.4 is 10.6 Å². The lowest BCUT2D eigenvalue weighted by Gasteiger charge is -2.21. The van der Waals surface area contributed by atoms with Crippen LogP contribution in [0.2, 0.25) is 0 Å². The van der Waals surface area contributed by atoms with Gasteiger partial charge in [0.15, 0.2) is 0 Å². The lowest BCUT2D eigenvalue weighted by molar-refractivity contribution is -0.143. The average Bonchev–Trinajstić information content (AvgIpc) is 3.03. The second-order valence-electron chi connectivity index (χ2n) is 7.22. The number of aliphatic carboxylic acids is 1. The van der Waals surface area contributed by atoms with Crippen molar-refractivity contribution in [2.24, 2.45) is 10.9 Å². The van der Waals surface area contributed by atoms with E-state index in [9.17, 15) is 36.2 Å². The number of hydrogen-bond acceptors (Lipinski definition) is 2. The van der Waals surface area contributed by atoms with E-state index in [1.807, 2.05) is 0 Å². The molecule has 2 aromatic rings. The Morgan fingerprint density at radius 1 is 0.968 bits per heavy atom. The van der Waals surface area contributed by atoms with Gasteiger partial charge in [0.2, 0.25) is 0 Å². The fourth-order valence-electron chi connectivity index (χ4n) is 3.73. The summed E-state index contributed by atoms with van der Waals surface area (Å²) >= 11 is 0. The topological polar surface area (TPSA) is 49.7 Å². The minimum Gasteiger partial charge on any atom is -0.478 e. The number of nitrogens with zero attached hydrogens (tertiary/aromatic N) is 1. The first-order chi connectivity index (χ1) is 14.4. The van der Waals surface area contributed by atoms with Crippen LogP contribution in [0.15, 0.2) is 70.9 Å². The Bertz CT molecular complexity index is 1240. The Balaban J connectivity index is 1.80. The summed E-state index contributed by atoms with van der Waals surface area (Å²) in [6, 6.07) is 8.28. The Morgan fingerprint density at radius 2 is 1.58 bits per heavy atom. The van der Waals surface area contributed by atoms with E-state index in [1.165, 1.54) is 12.2 Å². The molecular weight excluding hydrogens is 424 g/mol. The number of alkyl halides is 6. The zero-order valence-corrected chi connectivity index (χ0v) is 15.6. The van der Waals surface area contributed by atoms with E-state index in [0.717, 1.165) is 0 Å². The first-order valence-electron chi connectivity index (χ1n) is 9.07. The monoisotopic (exact) mass is 437 g/mol. The van der Waals surface area contributed by atoms with Crippen LogP contribution in [0.5, 0.6) is 0 Å². The molecule has 160 valence electrons. The highest BCUT2D eigenvalue weighted by Gasteiger charge is 2.37. The summed E-state index contributed by atoms with van der Waals surface area (Å²) < 4.78 is 78.9. The van der Waals surface area contributed by atoms with Crippen LogP contribution in [-0.2, 0) is 23.6 Å².